The third-order valence-electron chi connectivity index (χ3n) is 3.45. The number of hydrogen-bond donors (Lipinski definition) is 1. The summed E-state index contributed by atoms with van der Waals surface area (Å²) in [4.78, 5) is 11.6. The van der Waals surface area contributed by atoms with Gasteiger partial charge in [-0.3, -0.25) is 0 Å². The van der Waals surface area contributed by atoms with Gasteiger partial charge in [0.05, 0.1) is 12.2 Å². The van der Waals surface area contributed by atoms with Crippen molar-refractivity contribution < 1.29 is 9.53 Å². The molecular formula is C18H21BrClNO2. The van der Waals surface area contributed by atoms with E-state index in [0.717, 1.165) is 16.6 Å². The first-order valence-corrected chi connectivity index (χ1v) is 8.14. The fraction of sp³-hybridized carbons (Fsp3) is 0.278. The molecular weight excluding hydrogens is 378 g/mol. The number of rotatable bonds is 6. The van der Waals surface area contributed by atoms with Crippen LogP contribution in [0.25, 0.3) is 0 Å². The lowest BCUT2D eigenvalue weighted by atomic mass is 10.1. The quantitative estimate of drug-likeness (QED) is 0.703. The second kappa shape index (κ2) is 9.71. The molecule has 3 nitrogen and oxygen atoms in total. The van der Waals surface area contributed by atoms with Crippen molar-refractivity contribution in [3.8, 4) is 0 Å². The molecule has 0 fully saturated rings. The van der Waals surface area contributed by atoms with Crippen LogP contribution in [0.5, 0.6) is 0 Å². The molecule has 0 bridgehead atoms. The van der Waals surface area contributed by atoms with Crippen LogP contribution in [0.3, 0.4) is 0 Å². The minimum atomic E-state index is -0.274. The Morgan fingerprint density at radius 3 is 2.30 bits per heavy atom. The average Bonchev–Trinajstić information content (AvgIpc) is 2.54. The van der Waals surface area contributed by atoms with E-state index in [1.165, 1.54) is 5.56 Å². The topological polar surface area (TPSA) is 38.3 Å². The highest BCUT2D eigenvalue weighted by Crippen LogP contribution is 2.16. The van der Waals surface area contributed by atoms with Gasteiger partial charge < -0.3 is 10.1 Å². The van der Waals surface area contributed by atoms with Crippen LogP contribution in [0, 0.1) is 0 Å². The molecule has 0 saturated carbocycles. The van der Waals surface area contributed by atoms with Crippen molar-refractivity contribution in [3.63, 3.8) is 0 Å². The Morgan fingerprint density at radius 2 is 1.74 bits per heavy atom. The van der Waals surface area contributed by atoms with Crippen LogP contribution in [0.2, 0.25) is 0 Å². The Labute approximate surface area is 152 Å². The van der Waals surface area contributed by atoms with Gasteiger partial charge in [-0.05, 0) is 49.2 Å². The Hall–Kier alpha value is -1.36. The lowest BCUT2D eigenvalue weighted by Crippen LogP contribution is -2.18. The van der Waals surface area contributed by atoms with E-state index in [-0.39, 0.29) is 24.4 Å². The number of carbonyl (C=O) groups excluding carboxylic acids is 1. The zero-order valence-corrected chi connectivity index (χ0v) is 15.6. The van der Waals surface area contributed by atoms with E-state index in [1.807, 2.05) is 36.4 Å². The molecule has 0 aromatic heterocycles. The summed E-state index contributed by atoms with van der Waals surface area (Å²) in [6.45, 7) is 5.11. The minimum absolute atomic E-state index is 0. The largest absolute Gasteiger partial charge is 0.462 e. The smallest absolute Gasteiger partial charge is 0.338 e. The molecule has 0 aliphatic carbocycles. The Morgan fingerprint density at radius 1 is 1.13 bits per heavy atom. The van der Waals surface area contributed by atoms with Crippen molar-refractivity contribution in [2.45, 2.75) is 26.4 Å². The number of halogens is 2. The van der Waals surface area contributed by atoms with Crippen molar-refractivity contribution in [1.82, 2.24) is 5.32 Å². The van der Waals surface area contributed by atoms with Gasteiger partial charge in [0.2, 0.25) is 0 Å². The summed E-state index contributed by atoms with van der Waals surface area (Å²) in [5, 5.41) is 3.48. The second-order valence-electron chi connectivity index (χ2n) is 5.07. The highest BCUT2D eigenvalue weighted by Gasteiger charge is 2.09. The van der Waals surface area contributed by atoms with Crippen molar-refractivity contribution in [1.29, 1.82) is 0 Å². The van der Waals surface area contributed by atoms with E-state index < -0.39 is 0 Å². The lowest BCUT2D eigenvalue weighted by Gasteiger charge is -2.15. The van der Waals surface area contributed by atoms with Crippen LogP contribution >= 0.6 is 28.3 Å². The summed E-state index contributed by atoms with van der Waals surface area (Å²) in [5.74, 6) is -0.274. The molecule has 0 heterocycles. The zero-order valence-electron chi connectivity index (χ0n) is 13.2. The average molecular weight is 399 g/mol. The maximum Gasteiger partial charge on any atom is 0.338 e. The summed E-state index contributed by atoms with van der Waals surface area (Å²) in [5.41, 5.74) is 2.97. The molecule has 0 saturated heterocycles. The number of carbonyl (C=O) groups is 1. The van der Waals surface area contributed by atoms with Gasteiger partial charge in [0.1, 0.15) is 0 Å². The zero-order chi connectivity index (χ0) is 15.9. The maximum atomic E-state index is 11.6. The first-order chi connectivity index (χ1) is 10.6. The molecule has 5 heteroatoms. The van der Waals surface area contributed by atoms with Crippen molar-refractivity contribution in [3.05, 3.63) is 69.7 Å². The molecule has 2 aromatic carbocycles. The van der Waals surface area contributed by atoms with Crippen molar-refractivity contribution in [2.24, 2.45) is 0 Å². The minimum Gasteiger partial charge on any atom is -0.462 e. The van der Waals surface area contributed by atoms with Crippen LogP contribution in [-0.4, -0.2) is 12.6 Å². The van der Waals surface area contributed by atoms with E-state index in [2.05, 4.69) is 40.3 Å². The molecule has 2 aromatic rings. The Bertz CT molecular complexity index is 614. The predicted molar refractivity (Wildman–Crippen MR) is 99.0 cm³/mol. The third kappa shape index (κ3) is 5.98. The van der Waals surface area contributed by atoms with E-state index in [9.17, 15) is 4.79 Å². The molecule has 1 N–H and O–H groups in total. The Balaban J connectivity index is 0.00000264. The molecule has 0 spiro atoms. The van der Waals surface area contributed by atoms with Gasteiger partial charge >= 0.3 is 5.97 Å². The fourth-order valence-corrected chi connectivity index (χ4v) is 2.38. The van der Waals surface area contributed by atoms with Gasteiger partial charge in [0.25, 0.3) is 0 Å². The van der Waals surface area contributed by atoms with Crippen LogP contribution in [-0.2, 0) is 11.3 Å². The van der Waals surface area contributed by atoms with Gasteiger partial charge in [0.15, 0.2) is 0 Å². The summed E-state index contributed by atoms with van der Waals surface area (Å²) < 4.78 is 6.07. The predicted octanol–water partition coefficient (Wildman–Crippen LogP) is 4.90. The molecule has 0 radical (unpaired) electrons. The van der Waals surface area contributed by atoms with Gasteiger partial charge in [-0.1, -0.05) is 40.2 Å². The molecule has 0 unspecified atom stereocenters. The monoisotopic (exact) mass is 397 g/mol. The number of nitrogens with one attached hydrogen (secondary N) is 1. The molecule has 0 aliphatic rings. The van der Waals surface area contributed by atoms with Crippen LogP contribution in [0.1, 0.15) is 41.4 Å². The van der Waals surface area contributed by atoms with Gasteiger partial charge in [-0.25, -0.2) is 4.79 Å². The van der Waals surface area contributed by atoms with Crippen LogP contribution in [0.4, 0.5) is 0 Å². The Kier molecular flexibility index (Phi) is 8.31. The summed E-state index contributed by atoms with van der Waals surface area (Å²) in [6, 6.07) is 16.0. The first-order valence-electron chi connectivity index (χ1n) is 7.35. The standard InChI is InChI=1S/C18H20BrNO2.ClH/c1-3-22-18(21)16-8-6-15(7-9-16)13(2)20-12-14-4-10-17(19)11-5-14;/h4-11,13,20H,3,12H2,1-2H3;1H/t13-;/m0./s1. The van der Waals surface area contributed by atoms with Crippen molar-refractivity contribution in [2.75, 3.05) is 6.61 Å². The van der Waals surface area contributed by atoms with E-state index in [0.29, 0.717) is 12.2 Å². The highest BCUT2D eigenvalue weighted by molar-refractivity contribution is 9.10. The number of benzene rings is 2. The van der Waals surface area contributed by atoms with E-state index >= 15 is 0 Å². The number of esters is 1. The molecule has 1 atom stereocenters. The molecule has 23 heavy (non-hydrogen) atoms. The van der Waals surface area contributed by atoms with Gasteiger partial charge in [0, 0.05) is 17.1 Å². The summed E-state index contributed by atoms with van der Waals surface area (Å²) in [7, 11) is 0. The highest BCUT2D eigenvalue weighted by atomic mass is 79.9. The maximum absolute atomic E-state index is 11.6. The number of hydrogen-bond acceptors (Lipinski definition) is 3. The SMILES string of the molecule is CCOC(=O)c1ccc([C@H](C)NCc2ccc(Br)cc2)cc1.Cl. The summed E-state index contributed by atoms with van der Waals surface area (Å²) in [6.07, 6.45) is 0. The third-order valence-corrected chi connectivity index (χ3v) is 3.98. The van der Waals surface area contributed by atoms with Crippen LogP contribution in [0.15, 0.2) is 53.0 Å². The summed E-state index contributed by atoms with van der Waals surface area (Å²) >= 11 is 3.43. The van der Waals surface area contributed by atoms with E-state index in [4.69, 9.17) is 4.74 Å². The first kappa shape index (κ1) is 19.7. The fourth-order valence-electron chi connectivity index (χ4n) is 2.11. The number of ether oxygens (including phenoxy) is 1. The normalized spacial score (nSPS) is 11.4. The molecule has 0 aliphatic heterocycles. The van der Waals surface area contributed by atoms with Crippen molar-refractivity contribution >= 4 is 34.3 Å². The van der Waals surface area contributed by atoms with Crippen LogP contribution < -0.4 is 5.32 Å². The van der Waals surface area contributed by atoms with Gasteiger partial charge in [-0.15, -0.1) is 12.4 Å². The molecule has 0 amide bonds. The van der Waals surface area contributed by atoms with E-state index in [1.54, 1.807) is 6.92 Å². The molecule has 124 valence electrons. The molecule has 2 rings (SSSR count). The van der Waals surface area contributed by atoms with Gasteiger partial charge in [-0.2, -0.15) is 0 Å². The lowest BCUT2D eigenvalue weighted by molar-refractivity contribution is 0.0526. The second-order valence-corrected chi connectivity index (χ2v) is 5.99.